The minimum Gasteiger partial charge on any atom is -0.369 e. The highest BCUT2D eigenvalue weighted by Crippen LogP contribution is 2.23. The number of fused-ring (bicyclic) bond motifs is 1. The normalized spacial score (nSPS) is 10.7. The number of nitrogens with zero attached hydrogens (tertiary/aromatic N) is 2. The molecule has 0 amide bonds. The Morgan fingerprint density at radius 3 is 2.52 bits per heavy atom. The maximum atomic E-state index is 4.59. The third-order valence-corrected chi connectivity index (χ3v) is 3.86. The second-order valence-corrected chi connectivity index (χ2v) is 5.51. The van der Waals surface area contributed by atoms with E-state index in [1.807, 2.05) is 30.5 Å². The summed E-state index contributed by atoms with van der Waals surface area (Å²) in [5, 5.41) is 5.32. The van der Waals surface area contributed by atoms with Crippen molar-refractivity contribution in [3.8, 4) is 0 Å². The lowest BCUT2D eigenvalue weighted by Crippen LogP contribution is -2.07. The van der Waals surface area contributed by atoms with Gasteiger partial charge in [-0.25, -0.2) is 9.97 Å². The third kappa shape index (κ3) is 3.34. The molecule has 0 bridgehead atoms. The minimum atomic E-state index is 0.802. The van der Waals surface area contributed by atoms with Crippen LogP contribution >= 0.6 is 11.8 Å². The monoisotopic (exact) mass is 295 g/mol. The number of thioether (sulfide) groups is 1. The maximum absolute atomic E-state index is 4.59. The summed E-state index contributed by atoms with van der Waals surface area (Å²) in [5.74, 6) is 0.917. The van der Waals surface area contributed by atoms with Crippen LogP contribution in [0.2, 0.25) is 0 Å². The van der Waals surface area contributed by atoms with E-state index >= 15 is 0 Å². The van der Waals surface area contributed by atoms with Gasteiger partial charge in [-0.3, -0.25) is 0 Å². The first kappa shape index (κ1) is 13.9. The largest absolute Gasteiger partial charge is 0.369 e. The van der Waals surface area contributed by atoms with E-state index in [-0.39, 0.29) is 0 Å². The Labute approximate surface area is 128 Å². The van der Waals surface area contributed by atoms with Crippen molar-refractivity contribution >= 4 is 28.5 Å². The lowest BCUT2D eigenvalue weighted by molar-refractivity contribution is 0.964. The Balaban J connectivity index is 1.79. The molecule has 0 atom stereocenters. The molecular weight excluding hydrogens is 278 g/mol. The second-order valence-electron chi connectivity index (χ2n) is 4.74. The number of benzene rings is 2. The fourth-order valence-corrected chi connectivity index (χ4v) is 2.62. The number of hydrogen-bond donors (Lipinski definition) is 1. The van der Waals surface area contributed by atoms with Crippen LogP contribution in [0, 0.1) is 0 Å². The van der Waals surface area contributed by atoms with Crippen LogP contribution < -0.4 is 5.32 Å². The molecule has 0 aliphatic carbocycles. The third-order valence-electron chi connectivity index (χ3n) is 3.31. The molecule has 3 rings (SSSR count). The maximum Gasteiger partial charge on any atom is 0.189 e. The first-order valence-electron chi connectivity index (χ1n) is 6.95. The molecule has 0 saturated heterocycles. The molecule has 3 nitrogen and oxygen atoms in total. The van der Waals surface area contributed by atoms with E-state index in [0.717, 1.165) is 34.8 Å². The van der Waals surface area contributed by atoms with Gasteiger partial charge in [-0.05, 0) is 30.4 Å². The molecule has 106 valence electrons. The number of anilines is 1. The van der Waals surface area contributed by atoms with Gasteiger partial charge in [0.15, 0.2) is 5.16 Å². The highest BCUT2D eigenvalue weighted by atomic mass is 32.2. The summed E-state index contributed by atoms with van der Waals surface area (Å²) in [5.41, 5.74) is 2.31. The zero-order valence-corrected chi connectivity index (χ0v) is 12.7. The summed E-state index contributed by atoms with van der Waals surface area (Å²) in [4.78, 5) is 9.12. The predicted octanol–water partition coefficient (Wildman–Crippen LogP) is 4.01. The molecule has 0 saturated carbocycles. The zero-order chi connectivity index (χ0) is 14.5. The van der Waals surface area contributed by atoms with Crippen LogP contribution in [0.25, 0.3) is 10.9 Å². The average molecular weight is 295 g/mol. The summed E-state index contributed by atoms with van der Waals surface area (Å²) < 4.78 is 0. The van der Waals surface area contributed by atoms with Crippen molar-refractivity contribution < 1.29 is 0 Å². The Hall–Kier alpha value is -2.07. The van der Waals surface area contributed by atoms with Crippen molar-refractivity contribution in [3.05, 3.63) is 60.2 Å². The van der Waals surface area contributed by atoms with Crippen LogP contribution in [-0.2, 0) is 6.42 Å². The summed E-state index contributed by atoms with van der Waals surface area (Å²) >= 11 is 1.57. The smallest absolute Gasteiger partial charge is 0.189 e. The summed E-state index contributed by atoms with van der Waals surface area (Å²) in [7, 11) is 0. The SMILES string of the molecule is CSc1nc(NCCc2ccccc2)c2ccccc2n1. The van der Waals surface area contributed by atoms with E-state index in [4.69, 9.17) is 0 Å². The molecule has 1 N–H and O–H groups in total. The Morgan fingerprint density at radius 1 is 0.952 bits per heavy atom. The summed E-state index contributed by atoms with van der Waals surface area (Å²) in [6.07, 6.45) is 2.98. The summed E-state index contributed by atoms with van der Waals surface area (Å²) in [6.45, 7) is 0.860. The Bertz CT molecular complexity index is 728. The molecule has 0 fully saturated rings. The zero-order valence-electron chi connectivity index (χ0n) is 11.9. The number of nitrogens with one attached hydrogen (secondary N) is 1. The van der Waals surface area contributed by atoms with E-state index in [9.17, 15) is 0 Å². The first-order valence-corrected chi connectivity index (χ1v) is 8.18. The lowest BCUT2D eigenvalue weighted by Gasteiger charge is -2.10. The average Bonchev–Trinajstić information content (AvgIpc) is 2.55. The number of rotatable bonds is 5. The van der Waals surface area contributed by atoms with Crippen LogP contribution in [0.4, 0.5) is 5.82 Å². The van der Waals surface area contributed by atoms with E-state index in [0.29, 0.717) is 0 Å². The molecule has 2 aromatic carbocycles. The van der Waals surface area contributed by atoms with E-state index in [2.05, 4.69) is 45.6 Å². The van der Waals surface area contributed by atoms with E-state index in [1.165, 1.54) is 5.56 Å². The van der Waals surface area contributed by atoms with Crippen molar-refractivity contribution in [2.24, 2.45) is 0 Å². The molecule has 3 aromatic rings. The van der Waals surface area contributed by atoms with Gasteiger partial charge in [0.2, 0.25) is 0 Å². The van der Waals surface area contributed by atoms with Crippen molar-refractivity contribution in [1.82, 2.24) is 9.97 Å². The van der Waals surface area contributed by atoms with Crippen molar-refractivity contribution in [1.29, 1.82) is 0 Å². The molecule has 1 aromatic heterocycles. The molecule has 21 heavy (non-hydrogen) atoms. The van der Waals surface area contributed by atoms with Gasteiger partial charge in [0.05, 0.1) is 5.52 Å². The van der Waals surface area contributed by atoms with Crippen molar-refractivity contribution in [2.45, 2.75) is 11.6 Å². The molecule has 0 aliphatic heterocycles. The molecule has 1 heterocycles. The quantitative estimate of drug-likeness (QED) is 0.570. The molecule has 0 aliphatic rings. The fraction of sp³-hybridized carbons (Fsp3) is 0.176. The van der Waals surface area contributed by atoms with Crippen LogP contribution in [0.15, 0.2) is 59.8 Å². The highest BCUT2D eigenvalue weighted by Gasteiger charge is 2.06. The number of aromatic nitrogens is 2. The highest BCUT2D eigenvalue weighted by molar-refractivity contribution is 7.98. The lowest BCUT2D eigenvalue weighted by atomic mass is 10.1. The second kappa shape index (κ2) is 6.59. The van der Waals surface area contributed by atoms with E-state index < -0.39 is 0 Å². The van der Waals surface area contributed by atoms with Crippen LogP contribution in [0.3, 0.4) is 0 Å². The Kier molecular flexibility index (Phi) is 4.36. The number of para-hydroxylation sites is 1. The van der Waals surface area contributed by atoms with Gasteiger partial charge in [-0.1, -0.05) is 54.2 Å². The topological polar surface area (TPSA) is 37.8 Å². The molecule has 0 spiro atoms. The fourth-order valence-electron chi connectivity index (χ4n) is 2.25. The van der Waals surface area contributed by atoms with Crippen molar-refractivity contribution in [2.75, 3.05) is 18.1 Å². The number of hydrogen-bond acceptors (Lipinski definition) is 4. The van der Waals surface area contributed by atoms with Gasteiger partial charge in [0.1, 0.15) is 5.82 Å². The van der Waals surface area contributed by atoms with Gasteiger partial charge in [-0.2, -0.15) is 0 Å². The van der Waals surface area contributed by atoms with Crippen LogP contribution in [0.1, 0.15) is 5.56 Å². The van der Waals surface area contributed by atoms with Gasteiger partial charge in [0, 0.05) is 11.9 Å². The van der Waals surface area contributed by atoms with Gasteiger partial charge >= 0.3 is 0 Å². The van der Waals surface area contributed by atoms with E-state index in [1.54, 1.807) is 11.8 Å². The van der Waals surface area contributed by atoms with Gasteiger partial charge in [-0.15, -0.1) is 0 Å². The molecule has 4 heteroatoms. The van der Waals surface area contributed by atoms with Crippen LogP contribution in [0.5, 0.6) is 0 Å². The minimum absolute atomic E-state index is 0.802. The van der Waals surface area contributed by atoms with Crippen LogP contribution in [-0.4, -0.2) is 22.8 Å². The Morgan fingerprint density at radius 2 is 1.71 bits per heavy atom. The van der Waals surface area contributed by atoms with Gasteiger partial charge < -0.3 is 5.32 Å². The first-order chi connectivity index (χ1) is 10.4. The summed E-state index contributed by atoms with van der Waals surface area (Å²) in [6, 6.07) is 18.6. The molecular formula is C17H17N3S. The van der Waals surface area contributed by atoms with Crippen molar-refractivity contribution in [3.63, 3.8) is 0 Å². The standard InChI is InChI=1S/C17H17N3S/c1-21-17-19-15-10-6-5-9-14(15)16(20-17)18-12-11-13-7-3-2-4-8-13/h2-10H,11-12H2,1H3,(H,18,19,20). The molecule has 0 radical (unpaired) electrons. The predicted molar refractivity (Wildman–Crippen MR) is 90.0 cm³/mol. The molecule has 0 unspecified atom stereocenters. The van der Waals surface area contributed by atoms with Gasteiger partial charge in [0.25, 0.3) is 0 Å².